The molecule has 1 unspecified atom stereocenters. The second-order valence-electron chi connectivity index (χ2n) is 6.19. The molecule has 0 heterocycles. The zero-order chi connectivity index (χ0) is 17.5. The molecule has 2 nitrogen and oxygen atoms in total. The summed E-state index contributed by atoms with van der Waals surface area (Å²) in [6, 6.07) is 28.3. The van der Waals surface area contributed by atoms with Crippen LogP contribution in [-0.4, -0.2) is 0 Å². The number of nitrogens with one attached hydrogen (secondary N) is 1. The predicted molar refractivity (Wildman–Crippen MR) is 104 cm³/mol. The molecule has 0 bridgehead atoms. The summed E-state index contributed by atoms with van der Waals surface area (Å²) in [6.45, 7) is 6.94. The van der Waals surface area contributed by atoms with Crippen LogP contribution in [0.1, 0.15) is 18.1 Å². The average molecular weight is 329 g/mol. The molecule has 0 amide bonds. The van der Waals surface area contributed by atoms with Crippen LogP contribution in [-0.2, 0) is 12.1 Å². The summed E-state index contributed by atoms with van der Waals surface area (Å²) < 4.78 is 5.86. The molecule has 3 aromatic rings. The molecule has 0 aliphatic heterocycles. The van der Waals surface area contributed by atoms with Gasteiger partial charge in [-0.15, -0.1) is 6.58 Å². The van der Waals surface area contributed by atoms with Crippen molar-refractivity contribution in [2.45, 2.75) is 19.0 Å². The van der Waals surface area contributed by atoms with E-state index in [0.29, 0.717) is 0 Å². The molecule has 2 heteroatoms. The lowest BCUT2D eigenvalue weighted by molar-refractivity contribution is 0.450. The van der Waals surface area contributed by atoms with E-state index in [-0.39, 0.29) is 5.54 Å². The molecule has 0 radical (unpaired) electrons. The highest BCUT2D eigenvalue weighted by atomic mass is 16.5. The fourth-order valence-electron chi connectivity index (χ4n) is 2.67. The highest BCUT2D eigenvalue weighted by molar-refractivity contribution is 5.37. The largest absolute Gasteiger partial charge is 0.457 e. The standard InChI is InChI=1S/C23H23NO/c1-3-23(2,24-18-19-10-6-4-7-11-19)20-14-16-22(17-15-20)25-21-12-8-5-9-13-21/h3-17,24H,1,18H2,2H3. The molecule has 25 heavy (non-hydrogen) atoms. The van der Waals surface area contributed by atoms with Crippen molar-refractivity contribution < 1.29 is 4.74 Å². The molecule has 0 saturated carbocycles. The van der Waals surface area contributed by atoms with Gasteiger partial charge in [-0.1, -0.05) is 66.7 Å². The summed E-state index contributed by atoms with van der Waals surface area (Å²) in [4.78, 5) is 0. The molecule has 1 N–H and O–H groups in total. The molecule has 0 saturated heterocycles. The molecule has 1 atom stereocenters. The smallest absolute Gasteiger partial charge is 0.127 e. The van der Waals surface area contributed by atoms with Gasteiger partial charge in [-0.05, 0) is 42.3 Å². The molecule has 126 valence electrons. The topological polar surface area (TPSA) is 21.3 Å². The number of para-hydroxylation sites is 1. The van der Waals surface area contributed by atoms with Gasteiger partial charge in [0.05, 0.1) is 5.54 Å². The van der Waals surface area contributed by atoms with E-state index in [4.69, 9.17) is 4.74 Å². The zero-order valence-electron chi connectivity index (χ0n) is 14.5. The normalized spacial score (nSPS) is 13.0. The Morgan fingerprint density at radius 2 is 1.40 bits per heavy atom. The van der Waals surface area contributed by atoms with Crippen LogP contribution in [0.15, 0.2) is 97.6 Å². The lowest BCUT2D eigenvalue weighted by Gasteiger charge is -2.28. The maximum absolute atomic E-state index is 5.86. The van der Waals surface area contributed by atoms with Gasteiger partial charge in [0.15, 0.2) is 0 Å². The van der Waals surface area contributed by atoms with Crippen LogP contribution in [0.4, 0.5) is 0 Å². The molecular weight excluding hydrogens is 306 g/mol. The van der Waals surface area contributed by atoms with Gasteiger partial charge >= 0.3 is 0 Å². The molecule has 0 aromatic heterocycles. The lowest BCUT2D eigenvalue weighted by Crippen LogP contribution is -2.36. The second kappa shape index (κ2) is 7.82. The first-order chi connectivity index (χ1) is 12.2. The van der Waals surface area contributed by atoms with Crippen molar-refractivity contribution in [3.8, 4) is 11.5 Å². The van der Waals surface area contributed by atoms with Crippen LogP contribution < -0.4 is 10.1 Å². The highest BCUT2D eigenvalue weighted by Gasteiger charge is 2.22. The van der Waals surface area contributed by atoms with E-state index in [1.165, 1.54) is 5.56 Å². The third kappa shape index (κ3) is 4.37. The molecule has 0 aliphatic rings. The van der Waals surface area contributed by atoms with E-state index in [0.717, 1.165) is 23.6 Å². The average Bonchev–Trinajstić information content (AvgIpc) is 2.68. The van der Waals surface area contributed by atoms with Gasteiger partial charge in [0.25, 0.3) is 0 Å². The van der Waals surface area contributed by atoms with Gasteiger partial charge in [0.1, 0.15) is 11.5 Å². The number of hydrogen-bond acceptors (Lipinski definition) is 2. The van der Waals surface area contributed by atoms with Crippen molar-refractivity contribution in [3.63, 3.8) is 0 Å². The van der Waals surface area contributed by atoms with Crippen molar-refractivity contribution in [1.29, 1.82) is 0 Å². The Hall–Kier alpha value is -2.84. The van der Waals surface area contributed by atoms with Crippen molar-refractivity contribution in [3.05, 3.63) is 109 Å². The summed E-state index contributed by atoms with van der Waals surface area (Å²) in [7, 11) is 0. The van der Waals surface area contributed by atoms with Crippen LogP contribution in [0.3, 0.4) is 0 Å². The first-order valence-electron chi connectivity index (χ1n) is 8.46. The predicted octanol–water partition coefficient (Wildman–Crippen LogP) is 5.67. The highest BCUT2D eigenvalue weighted by Crippen LogP contribution is 2.27. The lowest BCUT2D eigenvalue weighted by atomic mass is 9.91. The van der Waals surface area contributed by atoms with Gasteiger partial charge < -0.3 is 10.1 Å². The number of ether oxygens (including phenoxy) is 1. The first-order valence-corrected chi connectivity index (χ1v) is 8.46. The van der Waals surface area contributed by atoms with Gasteiger partial charge in [0, 0.05) is 6.54 Å². The minimum atomic E-state index is -0.304. The van der Waals surface area contributed by atoms with E-state index >= 15 is 0 Å². The third-order valence-corrected chi connectivity index (χ3v) is 4.34. The van der Waals surface area contributed by atoms with Crippen molar-refractivity contribution in [1.82, 2.24) is 5.32 Å². The maximum atomic E-state index is 5.86. The van der Waals surface area contributed by atoms with Crippen LogP contribution >= 0.6 is 0 Å². The zero-order valence-corrected chi connectivity index (χ0v) is 14.5. The van der Waals surface area contributed by atoms with Crippen molar-refractivity contribution >= 4 is 0 Å². The van der Waals surface area contributed by atoms with Gasteiger partial charge in [-0.2, -0.15) is 0 Å². The molecule has 0 fully saturated rings. The van der Waals surface area contributed by atoms with Crippen LogP contribution in [0.25, 0.3) is 0 Å². The van der Waals surface area contributed by atoms with E-state index in [2.05, 4.69) is 55.2 Å². The molecule has 0 spiro atoms. The molecule has 3 rings (SSSR count). The van der Waals surface area contributed by atoms with E-state index in [9.17, 15) is 0 Å². The third-order valence-electron chi connectivity index (χ3n) is 4.34. The van der Waals surface area contributed by atoms with Gasteiger partial charge in [0.2, 0.25) is 0 Å². The monoisotopic (exact) mass is 329 g/mol. The van der Waals surface area contributed by atoms with Crippen LogP contribution in [0.5, 0.6) is 11.5 Å². The number of benzene rings is 3. The van der Waals surface area contributed by atoms with Gasteiger partial charge in [-0.25, -0.2) is 0 Å². The Balaban J connectivity index is 1.71. The number of hydrogen-bond donors (Lipinski definition) is 1. The van der Waals surface area contributed by atoms with Crippen LogP contribution in [0, 0.1) is 0 Å². The first kappa shape index (κ1) is 17.0. The summed E-state index contributed by atoms with van der Waals surface area (Å²) in [5.41, 5.74) is 2.10. The molecule has 0 aliphatic carbocycles. The van der Waals surface area contributed by atoms with Crippen LogP contribution in [0.2, 0.25) is 0 Å². The minimum absolute atomic E-state index is 0.304. The minimum Gasteiger partial charge on any atom is -0.457 e. The Labute approximate surface area is 149 Å². The van der Waals surface area contributed by atoms with E-state index in [1.54, 1.807) is 0 Å². The van der Waals surface area contributed by atoms with E-state index in [1.807, 2.05) is 54.6 Å². The number of rotatable bonds is 7. The fraction of sp³-hybridized carbons (Fsp3) is 0.130. The maximum Gasteiger partial charge on any atom is 0.127 e. The Kier molecular flexibility index (Phi) is 5.32. The Bertz CT molecular complexity index is 797. The van der Waals surface area contributed by atoms with Crippen molar-refractivity contribution in [2.75, 3.05) is 0 Å². The SMILES string of the molecule is C=CC(C)(NCc1ccccc1)c1ccc(Oc2ccccc2)cc1. The fourth-order valence-corrected chi connectivity index (χ4v) is 2.67. The summed E-state index contributed by atoms with van der Waals surface area (Å²) >= 11 is 0. The Morgan fingerprint density at radius 3 is 2.00 bits per heavy atom. The summed E-state index contributed by atoms with van der Waals surface area (Å²) in [5.74, 6) is 1.66. The summed E-state index contributed by atoms with van der Waals surface area (Å²) in [5, 5.41) is 3.59. The van der Waals surface area contributed by atoms with E-state index < -0.39 is 0 Å². The van der Waals surface area contributed by atoms with Gasteiger partial charge in [-0.3, -0.25) is 0 Å². The summed E-state index contributed by atoms with van der Waals surface area (Å²) in [6.07, 6.45) is 1.95. The molecule has 3 aromatic carbocycles. The molecular formula is C23H23NO. The second-order valence-corrected chi connectivity index (χ2v) is 6.19. The quantitative estimate of drug-likeness (QED) is 0.564. The Morgan fingerprint density at radius 1 is 0.840 bits per heavy atom. The van der Waals surface area contributed by atoms with Crippen molar-refractivity contribution in [2.24, 2.45) is 0 Å².